The van der Waals surface area contributed by atoms with Gasteiger partial charge in [0.15, 0.2) is 25.2 Å². The van der Waals surface area contributed by atoms with Crippen LogP contribution in [-0.2, 0) is 61.7 Å². The van der Waals surface area contributed by atoms with Crippen LogP contribution in [-0.4, -0.2) is 225 Å². The average molecular weight is 1120 g/mol. The largest absolute Gasteiger partial charge is 0.462 e. The molecule has 23 heteroatoms. The van der Waals surface area contributed by atoms with Gasteiger partial charge in [0.2, 0.25) is 0 Å². The predicted molar refractivity (Wildman–Crippen MR) is 267 cm³/mol. The van der Waals surface area contributed by atoms with E-state index >= 15 is 0 Å². The summed E-state index contributed by atoms with van der Waals surface area (Å²) in [6, 6.07) is 0. The molecule has 9 aliphatic rings. The van der Waals surface area contributed by atoms with Crippen molar-refractivity contribution in [1.82, 2.24) is 0 Å². The van der Waals surface area contributed by atoms with Crippen LogP contribution in [0.15, 0.2) is 23.8 Å². The summed E-state index contributed by atoms with van der Waals surface area (Å²) < 4.78 is 65.2. The standard InChI is InChI=1S/C55H86O23/c1-24(2)18-26(71-25(3)58)19-54(8)34-13-16-53(7)28-10-11-33-51(4,5)35(14-15-52(33,6)27(28)12-17-55(34,53)50(67)78-54)74-49-45(36(61)29(59)22-70-49)77-47-39(64)38(63)43(32(21-57)73-47)76-46-40(65)42(30(60)23-69-46)75-48-41(66)44(68-9)37(62)31(20-56)72-48/h10,26-27,29-49,56-57,59-66H,1,11-23H2,2-9H3/t26-,27-,29+,30+,31+,32+,33-,34+,35-,36-,37+,38+,39+,40+,41+,42-,43+,44-,45+,46-,47-,48-,49-,52+,53-,54-,55+/m0/s1. The van der Waals surface area contributed by atoms with Crippen molar-refractivity contribution >= 4 is 11.9 Å². The summed E-state index contributed by atoms with van der Waals surface area (Å²) in [7, 11) is 1.21. The molecule has 10 N–H and O–H groups in total. The van der Waals surface area contributed by atoms with Crippen molar-refractivity contribution in [2.75, 3.05) is 33.5 Å². The molecule has 8 fully saturated rings. The van der Waals surface area contributed by atoms with Crippen LogP contribution < -0.4 is 0 Å². The minimum Gasteiger partial charge on any atom is -0.462 e. The number of cyclic esters (lactones) is 1. The van der Waals surface area contributed by atoms with Crippen LogP contribution in [0.25, 0.3) is 0 Å². The summed E-state index contributed by atoms with van der Waals surface area (Å²) in [4.78, 5) is 26.7. The zero-order valence-electron chi connectivity index (χ0n) is 46.0. The van der Waals surface area contributed by atoms with Crippen molar-refractivity contribution in [3.63, 3.8) is 0 Å². The van der Waals surface area contributed by atoms with Gasteiger partial charge in [0.1, 0.15) is 97.2 Å². The second-order valence-corrected chi connectivity index (χ2v) is 25.2. The zero-order valence-corrected chi connectivity index (χ0v) is 46.0. The summed E-state index contributed by atoms with van der Waals surface area (Å²) in [5.74, 6) is -0.346. The van der Waals surface area contributed by atoms with Crippen molar-refractivity contribution in [3.05, 3.63) is 23.8 Å². The Bertz CT molecular complexity index is 2180. The van der Waals surface area contributed by atoms with Crippen molar-refractivity contribution in [2.24, 2.45) is 39.4 Å². The number of carbonyl (C=O) groups is 2. The number of esters is 2. The molecule has 3 saturated carbocycles. The lowest BCUT2D eigenvalue weighted by Gasteiger charge is -2.64. The summed E-state index contributed by atoms with van der Waals surface area (Å²) in [6.45, 7) is 16.0. The third-order valence-corrected chi connectivity index (χ3v) is 20.1. The fourth-order valence-electron chi connectivity index (χ4n) is 16.2. The van der Waals surface area contributed by atoms with Crippen LogP contribution in [0.1, 0.15) is 106 Å². The SMILES string of the molecule is C=C(C)C[C@@H](C[C@]1(C)OC(=O)[C@]23CC[C@H]4C(=CC[C@H]5C(C)(C)[C@@H](O[C@@H]6OC[C@@H](O)[C@H](O)[C@H]6O[C@@H]6O[C@H](CO)[C@@H](O[C@@H]7OC[C@@H](O)[C@H](O[C@@H]8O[C@H](CO)[C@@H](O)[C@H](OC)[C@H]8O)[C@H]7O)[C@H](O)[C@H]6O)CC[C@]45C)[C@]2(C)CC[C@@H]31)OC(C)=O. The van der Waals surface area contributed by atoms with E-state index in [1.54, 1.807) is 0 Å². The molecule has 0 amide bonds. The number of fused-ring (bicyclic) bond motifs is 4. The first-order valence-electron chi connectivity index (χ1n) is 27.8. The van der Waals surface area contributed by atoms with Gasteiger partial charge in [-0.3, -0.25) is 9.59 Å². The quantitative estimate of drug-likeness (QED) is 0.0705. The van der Waals surface area contributed by atoms with Crippen LogP contribution in [0.2, 0.25) is 0 Å². The number of hydrogen-bond donors (Lipinski definition) is 10. The Morgan fingerprint density at radius 3 is 1.99 bits per heavy atom. The first kappa shape index (κ1) is 60.3. The average Bonchev–Trinajstić information content (AvgIpc) is 2.56. The molecule has 1 spiro atoms. The van der Waals surface area contributed by atoms with E-state index in [1.807, 2.05) is 13.8 Å². The monoisotopic (exact) mass is 1110 g/mol. The van der Waals surface area contributed by atoms with Gasteiger partial charge in [-0.15, -0.1) is 6.58 Å². The van der Waals surface area contributed by atoms with Crippen molar-refractivity contribution < 1.29 is 113 Å². The molecule has 0 bridgehead atoms. The lowest BCUT2D eigenvalue weighted by Crippen LogP contribution is -2.66. The maximum atomic E-state index is 14.6. The van der Waals surface area contributed by atoms with Gasteiger partial charge >= 0.3 is 11.9 Å². The lowest BCUT2D eigenvalue weighted by atomic mass is 9.41. The predicted octanol–water partition coefficient (Wildman–Crippen LogP) is -0.235. The Balaban J connectivity index is 0.868. The van der Waals surface area contributed by atoms with Crippen LogP contribution in [0.3, 0.4) is 0 Å². The third kappa shape index (κ3) is 10.2. The zero-order chi connectivity index (χ0) is 56.8. The molecule has 78 heavy (non-hydrogen) atoms. The van der Waals surface area contributed by atoms with Crippen LogP contribution >= 0.6 is 0 Å². The number of methoxy groups -OCH3 is 1. The summed E-state index contributed by atoms with van der Waals surface area (Å²) >= 11 is 0. The smallest absolute Gasteiger partial charge is 0.313 e. The molecule has 5 aliphatic heterocycles. The van der Waals surface area contributed by atoms with E-state index in [1.165, 1.54) is 19.6 Å². The van der Waals surface area contributed by atoms with E-state index in [9.17, 15) is 60.7 Å². The van der Waals surface area contributed by atoms with E-state index < -0.39 is 164 Å². The summed E-state index contributed by atoms with van der Waals surface area (Å²) in [5, 5.41) is 109. The maximum Gasteiger partial charge on any atom is 0.313 e. The highest BCUT2D eigenvalue weighted by Gasteiger charge is 2.76. The molecule has 4 aliphatic carbocycles. The second kappa shape index (κ2) is 22.7. The highest BCUT2D eigenvalue weighted by Crippen LogP contribution is 2.76. The van der Waals surface area contributed by atoms with Gasteiger partial charge in [0.05, 0.1) is 37.9 Å². The van der Waals surface area contributed by atoms with Gasteiger partial charge in [0.25, 0.3) is 0 Å². The van der Waals surface area contributed by atoms with Gasteiger partial charge in [-0.2, -0.15) is 0 Å². The molecule has 444 valence electrons. The number of allylic oxidation sites excluding steroid dienone is 2. The fraction of sp³-hybridized carbons (Fsp3) is 0.891. The van der Waals surface area contributed by atoms with Crippen molar-refractivity contribution in [1.29, 1.82) is 0 Å². The Morgan fingerprint density at radius 1 is 0.692 bits per heavy atom. The van der Waals surface area contributed by atoms with E-state index in [0.717, 1.165) is 31.3 Å². The van der Waals surface area contributed by atoms with Gasteiger partial charge in [-0.05, 0) is 81.5 Å². The Kier molecular flexibility index (Phi) is 17.5. The summed E-state index contributed by atoms with van der Waals surface area (Å²) in [6.07, 6.45) is -21.0. The third-order valence-electron chi connectivity index (χ3n) is 20.1. The van der Waals surface area contributed by atoms with Gasteiger partial charge < -0.3 is 103 Å². The van der Waals surface area contributed by atoms with E-state index in [-0.39, 0.29) is 41.7 Å². The molecule has 27 atom stereocenters. The molecule has 0 aromatic heterocycles. The molecule has 5 heterocycles. The van der Waals surface area contributed by atoms with Gasteiger partial charge in [-0.25, -0.2) is 0 Å². The van der Waals surface area contributed by atoms with Crippen molar-refractivity contribution in [2.45, 2.75) is 235 Å². The molecule has 0 radical (unpaired) electrons. The maximum absolute atomic E-state index is 14.6. The Hall–Kier alpha value is -2.34. The lowest BCUT2D eigenvalue weighted by molar-refractivity contribution is -0.385. The van der Waals surface area contributed by atoms with E-state index in [2.05, 4.69) is 40.3 Å². The Morgan fingerprint density at radius 2 is 1.32 bits per heavy atom. The fourth-order valence-corrected chi connectivity index (χ4v) is 16.2. The minimum absolute atomic E-state index is 0.0632. The number of aliphatic hydroxyl groups is 10. The summed E-state index contributed by atoms with van der Waals surface area (Å²) in [5.41, 5.74) is -0.490. The Labute approximate surface area is 455 Å². The molecule has 5 saturated heterocycles. The number of rotatable bonds is 16. The van der Waals surface area contributed by atoms with Gasteiger partial charge in [-0.1, -0.05) is 44.9 Å². The first-order valence-corrected chi connectivity index (χ1v) is 27.8. The normalized spacial score (nSPS) is 50.3. The number of aliphatic hydroxyl groups excluding tert-OH is 10. The van der Waals surface area contributed by atoms with E-state index in [4.69, 9.17) is 52.1 Å². The van der Waals surface area contributed by atoms with Crippen LogP contribution in [0.4, 0.5) is 0 Å². The molecule has 9 rings (SSSR count). The highest BCUT2D eigenvalue weighted by atomic mass is 16.8. The topological polar surface area (TPSA) is 338 Å². The number of ether oxygens (including phenoxy) is 11. The van der Waals surface area contributed by atoms with Gasteiger partial charge in [0, 0.05) is 38.2 Å². The first-order chi connectivity index (χ1) is 36.7. The second-order valence-electron chi connectivity index (χ2n) is 25.2. The molecular weight excluding hydrogens is 1030 g/mol. The van der Waals surface area contributed by atoms with Crippen molar-refractivity contribution in [3.8, 4) is 0 Å². The van der Waals surface area contributed by atoms with Crippen LogP contribution in [0, 0.1) is 39.4 Å². The molecule has 23 nitrogen and oxygen atoms in total. The number of hydrogen-bond acceptors (Lipinski definition) is 23. The molecular formula is C55H86O23. The minimum atomic E-state index is -1.94. The number of carbonyl (C=O) groups excluding carboxylic acids is 2. The van der Waals surface area contributed by atoms with E-state index in [0.29, 0.717) is 32.1 Å². The molecule has 0 aromatic carbocycles. The van der Waals surface area contributed by atoms with Crippen LogP contribution in [0.5, 0.6) is 0 Å². The molecule has 0 aromatic rings. The highest BCUT2D eigenvalue weighted by molar-refractivity contribution is 5.83. The molecule has 0 unspecified atom stereocenters.